The van der Waals surface area contributed by atoms with Crippen molar-refractivity contribution >= 4 is 0 Å². The van der Waals surface area contributed by atoms with Crippen LogP contribution in [0.15, 0.2) is 18.2 Å². The van der Waals surface area contributed by atoms with Gasteiger partial charge in [0, 0.05) is 25.2 Å². The van der Waals surface area contributed by atoms with Gasteiger partial charge in [-0.2, -0.15) is 0 Å². The summed E-state index contributed by atoms with van der Waals surface area (Å²) in [6.07, 6.45) is 9.19. The number of nitrogens with one attached hydrogen (secondary N) is 1. The van der Waals surface area contributed by atoms with Gasteiger partial charge < -0.3 is 10.1 Å². The van der Waals surface area contributed by atoms with Gasteiger partial charge in [0.15, 0.2) is 0 Å². The van der Waals surface area contributed by atoms with Crippen molar-refractivity contribution < 1.29 is 4.74 Å². The van der Waals surface area contributed by atoms with Crippen LogP contribution in [-0.2, 0) is 12.8 Å². The first-order chi connectivity index (χ1) is 10.9. The van der Waals surface area contributed by atoms with Gasteiger partial charge in [-0.15, -0.1) is 0 Å². The summed E-state index contributed by atoms with van der Waals surface area (Å²) in [6, 6.07) is 8.20. The third-order valence-electron chi connectivity index (χ3n) is 5.72. The standard InChI is InChI=1S/C19H28N2O/c1-4-18(5-1)21-11-8-15-6-7-19(13-16(15)9-12-21)22-14-17-3-2-10-20-17/h6-7,13,17-18,20H,1-5,8-12,14H2/t17-/m1/s1. The number of nitrogens with zero attached hydrogens (tertiary/aromatic N) is 1. The van der Waals surface area contributed by atoms with E-state index in [1.54, 1.807) is 0 Å². The summed E-state index contributed by atoms with van der Waals surface area (Å²) in [5.41, 5.74) is 3.05. The molecule has 0 aromatic heterocycles. The average Bonchev–Trinajstić information content (AvgIpc) is 2.92. The van der Waals surface area contributed by atoms with Crippen molar-refractivity contribution in [2.45, 2.75) is 57.0 Å². The summed E-state index contributed by atoms with van der Waals surface area (Å²) in [4.78, 5) is 2.71. The Morgan fingerprint density at radius 1 is 1.05 bits per heavy atom. The molecule has 1 aromatic rings. The van der Waals surface area contributed by atoms with Crippen LogP contribution in [0.25, 0.3) is 0 Å². The van der Waals surface area contributed by atoms with Crippen molar-refractivity contribution in [3.8, 4) is 5.75 Å². The molecule has 0 unspecified atom stereocenters. The summed E-state index contributed by atoms with van der Waals surface area (Å²) in [5, 5.41) is 3.50. The number of ether oxygens (including phenoxy) is 1. The van der Waals surface area contributed by atoms with Gasteiger partial charge in [-0.25, -0.2) is 0 Å². The van der Waals surface area contributed by atoms with Gasteiger partial charge >= 0.3 is 0 Å². The molecule has 0 spiro atoms. The minimum Gasteiger partial charge on any atom is -0.492 e. The summed E-state index contributed by atoms with van der Waals surface area (Å²) in [5.74, 6) is 1.06. The smallest absolute Gasteiger partial charge is 0.119 e. The molecule has 3 heteroatoms. The summed E-state index contributed by atoms with van der Waals surface area (Å²) < 4.78 is 6.03. The molecule has 0 amide bonds. The fourth-order valence-corrected chi connectivity index (χ4v) is 4.02. The molecule has 1 atom stereocenters. The molecule has 22 heavy (non-hydrogen) atoms. The first-order valence-electron chi connectivity index (χ1n) is 9.10. The third-order valence-corrected chi connectivity index (χ3v) is 5.72. The third kappa shape index (κ3) is 3.16. The number of fused-ring (bicyclic) bond motifs is 1. The Labute approximate surface area is 134 Å². The highest BCUT2D eigenvalue weighted by molar-refractivity contribution is 5.37. The molecular weight excluding hydrogens is 272 g/mol. The predicted octanol–water partition coefficient (Wildman–Crippen LogP) is 2.77. The zero-order valence-electron chi connectivity index (χ0n) is 13.5. The van der Waals surface area contributed by atoms with E-state index in [-0.39, 0.29) is 0 Å². The maximum atomic E-state index is 6.03. The fraction of sp³-hybridized carbons (Fsp3) is 0.684. The number of benzene rings is 1. The SMILES string of the molecule is c1cc2c(cc1OC[C@H]1CCCN1)CCN(C1CCC1)CC2. The molecule has 120 valence electrons. The summed E-state index contributed by atoms with van der Waals surface area (Å²) >= 11 is 0. The maximum Gasteiger partial charge on any atom is 0.119 e. The second kappa shape index (κ2) is 6.59. The van der Waals surface area contributed by atoms with E-state index in [2.05, 4.69) is 28.4 Å². The molecule has 1 saturated heterocycles. The molecule has 2 heterocycles. The van der Waals surface area contributed by atoms with Crippen LogP contribution in [0.2, 0.25) is 0 Å². The van der Waals surface area contributed by atoms with Crippen LogP contribution in [0, 0.1) is 0 Å². The molecule has 2 fully saturated rings. The average molecular weight is 300 g/mol. The van der Waals surface area contributed by atoms with Gasteiger partial charge in [-0.1, -0.05) is 12.5 Å². The minimum absolute atomic E-state index is 0.549. The lowest BCUT2D eigenvalue weighted by molar-refractivity contribution is 0.133. The highest BCUT2D eigenvalue weighted by atomic mass is 16.5. The van der Waals surface area contributed by atoms with Crippen molar-refractivity contribution in [1.82, 2.24) is 10.2 Å². The Bertz CT molecular complexity index is 506. The molecule has 1 aliphatic carbocycles. The van der Waals surface area contributed by atoms with E-state index in [0.29, 0.717) is 6.04 Å². The topological polar surface area (TPSA) is 24.5 Å². The van der Waals surface area contributed by atoms with E-state index in [4.69, 9.17) is 4.74 Å². The largest absolute Gasteiger partial charge is 0.492 e. The molecule has 1 saturated carbocycles. The van der Waals surface area contributed by atoms with E-state index in [1.807, 2.05) is 0 Å². The Kier molecular flexibility index (Phi) is 4.35. The van der Waals surface area contributed by atoms with E-state index >= 15 is 0 Å². The summed E-state index contributed by atoms with van der Waals surface area (Å²) in [7, 11) is 0. The lowest BCUT2D eigenvalue weighted by atomic mass is 9.91. The Morgan fingerprint density at radius 2 is 1.91 bits per heavy atom. The van der Waals surface area contributed by atoms with Gasteiger partial charge in [0.25, 0.3) is 0 Å². The molecule has 3 nitrogen and oxygen atoms in total. The van der Waals surface area contributed by atoms with Crippen LogP contribution in [0.4, 0.5) is 0 Å². The van der Waals surface area contributed by atoms with Gasteiger partial charge in [0.2, 0.25) is 0 Å². The van der Waals surface area contributed by atoms with Gasteiger partial charge in [0.05, 0.1) is 0 Å². The van der Waals surface area contributed by atoms with Crippen LogP contribution < -0.4 is 10.1 Å². The first kappa shape index (κ1) is 14.5. The normalized spacial score (nSPS) is 26.3. The maximum absolute atomic E-state index is 6.03. The molecule has 2 aliphatic heterocycles. The lowest BCUT2D eigenvalue weighted by Gasteiger charge is -2.36. The zero-order chi connectivity index (χ0) is 14.8. The molecule has 0 bridgehead atoms. The fourth-order valence-electron chi connectivity index (χ4n) is 4.02. The highest BCUT2D eigenvalue weighted by Gasteiger charge is 2.26. The lowest BCUT2D eigenvalue weighted by Crippen LogP contribution is -2.41. The number of hydrogen-bond donors (Lipinski definition) is 1. The van der Waals surface area contributed by atoms with Crippen LogP contribution in [0.1, 0.15) is 43.2 Å². The predicted molar refractivity (Wildman–Crippen MR) is 89.6 cm³/mol. The van der Waals surface area contributed by atoms with Crippen LogP contribution >= 0.6 is 0 Å². The van der Waals surface area contributed by atoms with E-state index in [9.17, 15) is 0 Å². The molecule has 1 N–H and O–H groups in total. The molecule has 4 rings (SSSR count). The molecule has 1 aromatic carbocycles. The zero-order valence-corrected chi connectivity index (χ0v) is 13.5. The second-order valence-corrected chi connectivity index (χ2v) is 7.16. The number of hydrogen-bond acceptors (Lipinski definition) is 3. The van der Waals surface area contributed by atoms with Crippen LogP contribution in [0.3, 0.4) is 0 Å². The Morgan fingerprint density at radius 3 is 2.64 bits per heavy atom. The first-order valence-corrected chi connectivity index (χ1v) is 9.10. The van der Waals surface area contributed by atoms with Crippen molar-refractivity contribution in [2.75, 3.05) is 26.2 Å². The molecular formula is C19H28N2O. The van der Waals surface area contributed by atoms with Crippen molar-refractivity contribution in [3.63, 3.8) is 0 Å². The Balaban J connectivity index is 1.37. The van der Waals surface area contributed by atoms with Gasteiger partial charge in [-0.3, -0.25) is 4.90 Å². The monoisotopic (exact) mass is 300 g/mol. The minimum atomic E-state index is 0.549. The quantitative estimate of drug-likeness (QED) is 0.925. The van der Waals surface area contributed by atoms with Crippen molar-refractivity contribution in [3.05, 3.63) is 29.3 Å². The molecule has 3 aliphatic rings. The van der Waals surface area contributed by atoms with Crippen molar-refractivity contribution in [2.24, 2.45) is 0 Å². The van der Waals surface area contributed by atoms with Gasteiger partial charge in [0.1, 0.15) is 12.4 Å². The molecule has 0 radical (unpaired) electrons. The van der Waals surface area contributed by atoms with Gasteiger partial charge in [-0.05, 0) is 68.3 Å². The van der Waals surface area contributed by atoms with E-state index in [0.717, 1.165) is 24.9 Å². The van der Waals surface area contributed by atoms with Crippen LogP contribution in [0.5, 0.6) is 5.75 Å². The Hall–Kier alpha value is -1.06. The van der Waals surface area contributed by atoms with Crippen LogP contribution in [-0.4, -0.2) is 43.2 Å². The van der Waals surface area contributed by atoms with Crippen molar-refractivity contribution in [1.29, 1.82) is 0 Å². The second-order valence-electron chi connectivity index (χ2n) is 7.16. The highest BCUT2D eigenvalue weighted by Crippen LogP contribution is 2.28. The van der Waals surface area contributed by atoms with E-state index in [1.165, 1.54) is 69.2 Å². The van der Waals surface area contributed by atoms with E-state index < -0.39 is 0 Å². The summed E-state index contributed by atoms with van der Waals surface area (Å²) in [6.45, 7) is 4.43. The number of rotatable bonds is 4.